The van der Waals surface area contributed by atoms with E-state index in [0.29, 0.717) is 23.2 Å². The van der Waals surface area contributed by atoms with Crippen LogP contribution in [0.4, 0.5) is 4.39 Å². The summed E-state index contributed by atoms with van der Waals surface area (Å²) in [6.07, 6.45) is 3.35. The number of nitrogens with one attached hydrogen (secondary N) is 1. The lowest BCUT2D eigenvalue weighted by molar-refractivity contribution is 0.0388. The van der Waals surface area contributed by atoms with E-state index in [1.165, 1.54) is 6.07 Å². The number of rotatable bonds is 5. The molecular weight excluding hydrogens is 287 g/mol. The minimum absolute atomic E-state index is 0.0514. The van der Waals surface area contributed by atoms with Crippen LogP contribution >= 0.6 is 11.6 Å². The van der Waals surface area contributed by atoms with E-state index >= 15 is 0 Å². The molecule has 2 rings (SSSR count). The Hall–Kier alpha value is -0.640. The summed E-state index contributed by atoms with van der Waals surface area (Å²) in [6.45, 7) is 9.11. The molecule has 0 aromatic heterocycles. The zero-order valence-electron chi connectivity index (χ0n) is 13.3. The van der Waals surface area contributed by atoms with E-state index in [4.69, 9.17) is 11.6 Å². The van der Waals surface area contributed by atoms with Crippen molar-refractivity contribution in [2.45, 2.75) is 58.2 Å². The van der Waals surface area contributed by atoms with Gasteiger partial charge in [-0.2, -0.15) is 0 Å². The molecule has 0 aliphatic carbocycles. The maximum absolute atomic E-state index is 14.1. The van der Waals surface area contributed by atoms with Gasteiger partial charge in [0.05, 0.1) is 0 Å². The second-order valence-electron chi connectivity index (χ2n) is 6.30. The molecule has 0 spiro atoms. The molecule has 2 nitrogen and oxygen atoms in total. The quantitative estimate of drug-likeness (QED) is 0.875. The molecule has 0 bridgehead atoms. The monoisotopic (exact) mass is 312 g/mol. The topological polar surface area (TPSA) is 15.3 Å². The molecule has 1 fully saturated rings. The highest BCUT2D eigenvalue weighted by molar-refractivity contribution is 6.31. The van der Waals surface area contributed by atoms with Crippen LogP contribution in [0.15, 0.2) is 18.2 Å². The van der Waals surface area contributed by atoms with Gasteiger partial charge in [0.2, 0.25) is 0 Å². The molecule has 2 unspecified atom stereocenters. The fourth-order valence-corrected chi connectivity index (χ4v) is 3.27. The van der Waals surface area contributed by atoms with Gasteiger partial charge in [0, 0.05) is 41.8 Å². The first-order chi connectivity index (χ1) is 10.00. The molecule has 21 heavy (non-hydrogen) atoms. The molecule has 0 amide bonds. The van der Waals surface area contributed by atoms with Gasteiger partial charge in [0.15, 0.2) is 0 Å². The molecule has 1 aliphatic heterocycles. The molecule has 1 saturated heterocycles. The fraction of sp³-hybridized carbons (Fsp3) is 0.647. The van der Waals surface area contributed by atoms with Gasteiger partial charge >= 0.3 is 0 Å². The molecule has 0 radical (unpaired) electrons. The zero-order valence-corrected chi connectivity index (χ0v) is 14.0. The van der Waals surface area contributed by atoms with Crippen LogP contribution in [0.25, 0.3) is 0 Å². The lowest BCUT2D eigenvalue weighted by Crippen LogP contribution is -2.62. The first-order valence-corrected chi connectivity index (χ1v) is 8.29. The van der Waals surface area contributed by atoms with Crippen LogP contribution in [0.2, 0.25) is 5.02 Å². The Morgan fingerprint density at radius 1 is 1.43 bits per heavy atom. The number of hydrogen-bond donors (Lipinski definition) is 1. The van der Waals surface area contributed by atoms with Crippen molar-refractivity contribution >= 4 is 11.6 Å². The lowest BCUT2D eigenvalue weighted by atomic mass is 9.90. The molecule has 118 valence electrons. The van der Waals surface area contributed by atoms with E-state index < -0.39 is 0 Å². The normalized spacial score (nSPS) is 27.0. The van der Waals surface area contributed by atoms with Crippen LogP contribution < -0.4 is 5.32 Å². The molecule has 0 saturated carbocycles. The molecule has 1 heterocycles. The van der Waals surface area contributed by atoms with Crippen LogP contribution in [0, 0.1) is 5.82 Å². The van der Waals surface area contributed by atoms with Crippen molar-refractivity contribution in [1.82, 2.24) is 10.2 Å². The van der Waals surface area contributed by atoms with Crippen molar-refractivity contribution in [1.29, 1.82) is 0 Å². The summed E-state index contributed by atoms with van der Waals surface area (Å²) in [5.74, 6) is -0.202. The van der Waals surface area contributed by atoms with Gasteiger partial charge in [-0.25, -0.2) is 4.39 Å². The molecule has 1 aromatic carbocycles. The SMILES string of the molecule is CCCC1CN(Cc2c(F)cccc2Cl)C(C)(CC)CN1. The highest BCUT2D eigenvalue weighted by Crippen LogP contribution is 2.29. The Morgan fingerprint density at radius 2 is 2.19 bits per heavy atom. The number of benzene rings is 1. The maximum Gasteiger partial charge on any atom is 0.129 e. The number of halogens is 2. The van der Waals surface area contributed by atoms with Crippen molar-refractivity contribution in [2.75, 3.05) is 13.1 Å². The van der Waals surface area contributed by atoms with Crippen molar-refractivity contribution in [2.24, 2.45) is 0 Å². The minimum Gasteiger partial charge on any atom is -0.311 e. The Labute approximate surface area is 132 Å². The van der Waals surface area contributed by atoms with E-state index in [9.17, 15) is 4.39 Å². The van der Waals surface area contributed by atoms with E-state index in [1.807, 2.05) is 0 Å². The van der Waals surface area contributed by atoms with Crippen molar-refractivity contribution < 1.29 is 4.39 Å². The Bertz CT molecular complexity index is 460. The van der Waals surface area contributed by atoms with Gasteiger partial charge in [0.25, 0.3) is 0 Å². The summed E-state index contributed by atoms with van der Waals surface area (Å²) in [7, 11) is 0. The van der Waals surface area contributed by atoms with Gasteiger partial charge < -0.3 is 5.32 Å². The van der Waals surface area contributed by atoms with Crippen LogP contribution in [-0.2, 0) is 6.54 Å². The Balaban J connectivity index is 2.20. The van der Waals surface area contributed by atoms with Crippen molar-refractivity contribution in [3.05, 3.63) is 34.6 Å². The third-order valence-corrected chi connectivity index (χ3v) is 5.14. The maximum atomic E-state index is 14.1. The third kappa shape index (κ3) is 3.77. The number of hydrogen-bond acceptors (Lipinski definition) is 2. The smallest absolute Gasteiger partial charge is 0.129 e. The highest BCUT2D eigenvalue weighted by Gasteiger charge is 2.36. The van der Waals surface area contributed by atoms with Gasteiger partial charge in [-0.15, -0.1) is 0 Å². The van der Waals surface area contributed by atoms with Crippen LogP contribution in [0.1, 0.15) is 45.6 Å². The molecule has 2 atom stereocenters. The second kappa shape index (κ2) is 7.08. The summed E-state index contributed by atoms with van der Waals surface area (Å²) < 4.78 is 14.1. The number of piperazine rings is 1. The minimum atomic E-state index is -0.202. The summed E-state index contributed by atoms with van der Waals surface area (Å²) in [5.41, 5.74) is 0.673. The van der Waals surface area contributed by atoms with Gasteiger partial charge in [0.1, 0.15) is 5.82 Å². The van der Waals surface area contributed by atoms with Gasteiger partial charge in [-0.05, 0) is 31.9 Å². The molecule has 1 aliphatic rings. The van der Waals surface area contributed by atoms with Gasteiger partial charge in [-0.3, -0.25) is 4.90 Å². The van der Waals surface area contributed by atoms with Crippen LogP contribution in [0.5, 0.6) is 0 Å². The average Bonchev–Trinajstić information content (AvgIpc) is 2.46. The standard InChI is InChI=1S/C17H26ClFN2/c1-4-7-13-10-21(17(3,5-2)12-20-13)11-14-15(18)8-6-9-16(14)19/h6,8-9,13,20H,4-5,7,10-12H2,1-3H3. The molecule has 1 N–H and O–H groups in total. The predicted molar refractivity (Wildman–Crippen MR) is 87.2 cm³/mol. The Kier molecular flexibility index (Phi) is 5.64. The van der Waals surface area contributed by atoms with E-state index in [-0.39, 0.29) is 11.4 Å². The molecule has 4 heteroatoms. The third-order valence-electron chi connectivity index (χ3n) is 4.79. The van der Waals surface area contributed by atoms with Crippen molar-refractivity contribution in [3.63, 3.8) is 0 Å². The summed E-state index contributed by atoms with van der Waals surface area (Å²) in [6, 6.07) is 5.42. The highest BCUT2D eigenvalue weighted by atomic mass is 35.5. The summed E-state index contributed by atoms with van der Waals surface area (Å²) in [4.78, 5) is 2.40. The molecular formula is C17H26ClFN2. The van der Waals surface area contributed by atoms with E-state index in [1.54, 1.807) is 12.1 Å². The lowest BCUT2D eigenvalue weighted by Gasteiger charge is -2.48. The largest absolute Gasteiger partial charge is 0.311 e. The first-order valence-electron chi connectivity index (χ1n) is 7.91. The molecule has 1 aromatic rings. The van der Waals surface area contributed by atoms with Gasteiger partial charge in [-0.1, -0.05) is 37.9 Å². The van der Waals surface area contributed by atoms with Crippen LogP contribution in [0.3, 0.4) is 0 Å². The van der Waals surface area contributed by atoms with Crippen LogP contribution in [-0.4, -0.2) is 29.6 Å². The number of nitrogens with zero attached hydrogens (tertiary/aromatic N) is 1. The van der Waals surface area contributed by atoms with E-state index in [0.717, 1.165) is 32.4 Å². The summed E-state index contributed by atoms with van der Waals surface area (Å²) >= 11 is 6.20. The Morgan fingerprint density at radius 3 is 2.81 bits per heavy atom. The van der Waals surface area contributed by atoms with Crippen molar-refractivity contribution in [3.8, 4) is 0 Å². The predicted octanol–water partition coefficient (Wildman–Crippen LogP) is 4.22. The van der Waals surface area contributed by atoms with E-state index in [2.05, 4.69) is 31.0 Å². The fourth-order valence-electron chi connectivity index (χ4n) is 3.05. The first kappa shape index (κ1) is 16.7. The zero-order chi connectivity index (χ0) is 15.5. The average molecular weight is 313 g/mol. The summed E-state index contributed by atoms with van der Waals surface area (Å²) in [5, 5.41) is 4.17. The second-order valence-corrected chi connectivity index (χ2v) is 6.70.